The van der Waals surface area contributed by atoms with Gasteiger partial charge in [-0.2, -0.15) is 0 Å². The molecule has 4 aliphatic carbocycles. The minimum Gasteiger partial charge on any atom is -0.487 e. The molecule has 107 heavy (non-hydrogen) atoms. The number of hydrogen-bond donors (Lipinski definition) is 0. The minimum absolute atomic E-state index is 0.192. The predicted molar refractivity (Wildman–Crippen MR) is 445 cm³/mol. The van der Waals surface area contributed by atoms with Crippen LogP contribution in [0.4, 0.5) is 4.79 Å². The molecule has 10 aromatic rings. The Morgan fingerprint density at radius 2 is 0.832 bits per heavy atom. The summed E-state index contributed by atoms with van der Waals surface area (Å²) < 4.78 is 28.6. The number of carbonyl (C=O) groups is 1. The molecule has 0 saturated carbocycles. The third-order valence-corrected chi connectivity index (χ3v) is 23.8. The molecule has 14 heteroatoms. The average molecular weight is 1480 g/mol. The number of aromatic nitrogens is 7. The highest BCUT2D eigenvalue weighted by molar-refractivity contribution is 7.80. The Bertz CT molecular complexity index is 4660. The summed E-state index contributed by atoms with van der Waals surface area (Å²) in [5, 5.41) is 0.811. The molecule has 4 aromatic heterocycles. The van der Waals surface area contributed by atoms with E-state index in [1.807, 2.05) is 83.6 Å². The lowest BCUT2D eigenvalue weighted by Gasteiger charge is -2.44. The lowest BCUT2D eigenvalue weighted by atomic mass is 9.61. The number of imidazole rings is 3. The molecule has 8 unspecified atom stereocenters. The molecule has 0 spiro atoms. The van der Waals surface area contributed by atoms with Gasteiger partial charge in [-0.05, 0) is 298 Å². The number of rotatable bonds is 11. The quantitative estimate of drug-likeness (QED) is 0.115. The van der Waals surface area contributed by atoms with Crippen molar-refractivity contribution >= 4 is 62.9 Å². The number of nitrogens with zero attached hydrogens (tertiary/aromatic N) is 7. The summed E-state index contributed by atoms with van der Waals surface area (Å²) in [7, 11) is 0. The number of para-hydroxylation sites is 4. The van der Waals surface area contributed by atoms with Gasteiger partial charge in [0.15, 0.2) is 0 Å². The van der Waals surface area contributed by atoms with E-state index in [1.54, 1.807) is 29.6 Å². The molecule has 4 heterocycles. The Morgan fingerprint density at radius 3 is 1.27 bits per heavy atom. The summed E-state index contributed by atoms with van der Waals surface area (Å²) in [4.78, 5) is 29.7. The molecule has 0 radical (unpaired) electrons. The topological polar surface area (TPSA) is 120 Å². The van der Waals surface area contributed by atoms with Gasteiger partial charge in [0.2, 0.25) is 0 Å². The highest BCUT2D eigenvalue weighted by atomic mass is 32.1. The van der Waals surface area contributed by atoms with Gasteiger partial charge in [0.05, 0.1) is 27.8 Å². The summed E-state index contributed by atoms with van der Waals surface area (Å²) in [6, 6.07) is 47.3. The van der Waals surface area contributed by atoms with Crippen molar-refractivity contribution in [3.05, 3.63) is 227 Å². The van der Waals surface area contributed by atoms with Crippen molar-refractivity contribution in [2.75, 3.05) is 0 Å². The van der Waals surface area contributed by atoms with Crippen LogP contribution < -0.4 is 18.9 Å². The van der Waals surface area contributed by atoms with Crippen LogP contribution in [-0.2, 0) is 32.3 Å². The van der Waals surface area contributed by atoms with Crippen LogP contribution in [0.5, 0.6) is 23.0 Å². The molecule has 4 aliphatic rings. The summed E-state index contributed by atoms with van der Waals surface area (Å²) in [5.41, 5.74) is 16.6. The van der Waals surface area contributed by atoms with Crippen molar-refractivity contribution in [1.29, 1.82) is 0 Å². The normalized spacial score (nSPS) is 19.8. The van der Waals surface area contributed by atoms with E-state index in [1.165, 1.54) is 81.1 Å². The third-order valence-electron chi connectivity index (χ3n) is 23.2. The Morgan fingerprint density at radius 1 is 0.430 bits per heavy atom. The van der Waals surface area contributed by atoms with Gasteiger partial charge in [-0.1, -0.05) is 186 Å². The Kier molecular flexibility index (Phi) is 25.4. The van der Waals surface area contributed by atoms with Crippen LogP contribution in [-0.4, -0.2) is 50.1 Å². The van der Waals surface area contributed by atoms with Crippen molar-refractivity contribution in [3.63, 3.8) is 0 Å². The number of fused-ring (bicyclic) bond motifs is 6. The fraction of sp³-hybridized carbons (Fsp3) is 0.473. The van der Waals surface area contributed by atoms with Crippen LogP contribution in [0, 0.1) is 69.5 Å². The van der Waals surface area contributed by atoms with Gasteiger partial charge in [0.25, 0.3) is 10.3 Å². The Hall–Kier alpha value is -8.33. The summed E-state index contributed by atoms with van der Waals surface area (Å²) in [6.45, 7) is 45.3. The first kappa shape index (κ1) is 79.7. The van der Waals surface area contributed by atoms with Crippen LogP contribution in [0.3, 0.4) is 0 Å². The predicted octanol–water partition coefficient (Wildman–Crippen LogP) is 24.1. The lowest BCUT2D eigenvalue weighted by molar-refractivity contribution is 0.169. The number of pyridine rings is 1. The molecule has 6 aromatic carbocycles. The maximum Gasteiger partial charge on any atom is 0.425 e. The zero-order chi connectivity index (χ0) is 76.8. The number of carbonyl (C=O) groups excluding carboxylic acids is 1. The van der Waals surface area contributed by atoms with Gasteiger partial charge in [-0.25, -0.2) is 24.3 Å². The fourth-order valence-corrected chi connectivity index (χ4v) is 18.8. The SMILES string of the molecule is CC(C)C1CCc2cc(OC(=O)n3cnc4ccccc43)ccc2C1C(C)(C)C.CC(C)C1CCc2cc(OC(=S)n3ccnc3)ccc2C1C(C)(C)C.CC(C)C1CCc2cc(OC(=S)n3cnc4ccccc43)ccc2C1C(C)C.CC(C)C1CCc2cc(OCc3ccccn3)ccc2C1C(C)(C)C. The zero-order valence-electron chi connectivity index (χ0n) is 67.1. The van der Waals surface area contributed by atoms with E-state index in [2.05, 4.69) is 218 Å². The second-order valence-electron chi connectivity index (χ2n) is 35.4. The van der Waals surface area contributed by atoms with Crippen molar-refractivity contribution in [2.24, 2.45) is 69.5 Å². The van der Waals surface area contributed by atoms with E-state index in [-0.39, 0.29) is 16.2 Å². The van der Waals surface area contributed by atoms with Crippen molar-refractivity contribution < 1.29 is 23.7 Å². The lowest BCUT2D eigenvalue weighted by Crippen LogP contribution is -2.33. The van der Waals surface area contributed by atoms with Crippen LogP contribution in [0.15, 0.2) is 177 Å². The van der Waals surface area contributed by atoms with Crippen molar-refractivity contribution in [2.45, 2.75) is 213 Å². The standard InChI is InChI=1S/C25H30N2O2.C24H28N2OS.C23H31NO.C21H28N2OS/c1-16(2)19-12-10-17-14-18(11-13-20(17)23(19)25(3,4)5)29-24(28)27-15-26-21-8-6-7-9-22(21)27;1-15(2)19-11-9-17-13-18(10-12-20(17)23(19)16(3)4)27-24(28)26-14-25-21-7-5-6-8-22(21)26;1-16(2)20-11-9-17-14-19(25-15-18-8-6-7-13-24-18)10-12-21(17)22(20)23(3,4)5;1-14(2)17-8-6-15-12-16(24-20(25)23-11-10-22-13-23)7-9-18(15)19(17)21(3,4)5/h6-9,11,13-16,19,23H,10,12H2,1-5H3;5-8,10,12-16,19,23H,9,11H2,1-4H3;6-8,10,12-14,16,20,22H,9,11,15H2,1-5H3;7,9-14,17,19H,6,8H2,1-5H3. The van der Waals surface area contributed by atoms with E-state index in [0.29, 0.717) is 76.0 Å². The molecular formula is C93H117N7O5S2. The van der Waals surface area contributed by atoms with E-state index in [0.717, 1.165) is 94.4 Å². The molecule has 0 saturated heterocycles. The second kappa shape index (κ2) is 34.1. The molecule has 0 aliphatic heterocycles. The summed E-state index contributed by atoms with van der Waals surface area (Å²) in [5.74, 6) is 11.8. The summed E-state index contributed by atoms with van der Waals surface area (Å²) in [6.07, 6.45) is 19.1. The van der Waals surface area contributed by atoms with Gasteiger partial charge in [-0.15, -0.1) is 0 Å². The van der Waals surface area contributed by atoms with Crippen molar-refractivity contribution in [3.8, 4) is 23.0 Å². The maximum atomic E-state index is 12.7. The molecule has 0 bridgehead atoms. The molecule has 14 rings (SSSR count). The summed E-state index contributed by atoms with van der Waals surface area (Å²) >= 11 is 10.9. The molecule has 566 valence electrons. The zero-order valence-corrected chi connectivity index (χ0v) is 68.7. The number of hydrogen-bond acceptors (Lipinski definition) is 11. The van der Waals surface area contributed by atoms with Gasteiger partial charge < -0.3 is 18.9 Å². The first-order valence-corrected chi connectivity index (χ1v) is 40.2. The number of thiocarbonyl (C=S) groups is 2. The van der Waals surface area contributed by atoms with Crippen LogP contribution >= 0.6 is 24.4 Å². The van der Waals surface area contributed by atoms with E-state index in [9.17, 15) is 4.79 Å². The van der Waals surface area contributed by atoms with Gasteiger partial charge in [0, 0.05) is 18.6 Å². The highest BCUT2D eigenvalue weighted by Gasteiger charge is 2.42. The van der Waals surface area contributed by atoms with Crippen LogP contribution in [0.1, 0.15) is 231 Å². The van der Waals surface area contributed by atoms with Gasteiger partial charge in [-0.3, -0.25) is 14.1 Å². The van der Waals surface area contributed by atoms with E-state index >= 15 is 0 Å². The van der Waals surface area contributed by atoms with Gasteiger partial charge in [0.1, 0.15) is 48.6 Å². The van der Waals surface area contributed by atoms with E-state index < -0.39 is 6.09 Å². The van der Waals surface area contributed by atoms with Crippen LogP contribution in [0.2, 0.25) is 0 Å². The third kappa shape index (κ3) is 18.9. The molecule has 0 amide bonds. The number of ether oxygens (including phenoxy) is 4. The molecule has 0 N–H and O–H groups in total. The fourth-order valence-electron chi connectivity index (χ4n) is 18.4. The smallest absolute Gasteiger partial charge is 0.425 e. The number of aryl methyl sites for hydroxylation is 4. The largest absolute Gasteiger partial charge is 0.487 e. The maximum absolute atomic E-state index is 12.7. The van der Waals surface area contributed by atoms with E-state index in [4.69, 9.17) is 43.4 Å². The average Bonchev–Trinajstić information content (AvgIpc) is 1.40. The molecule has 8 atom stereocenters. The highest BCUT2D eigenvalue weighted by Crippen LogP contribution is 2.54. The van der Waals surface area contributed by atoms with Crippen LogP contribution in [0.25, 0.3) is 22.1 Å². The minimum atomic E-state index is -0.429. The van der Waals surface area contributed by atoms with Gasteiger partial charge >= 0.3 is 6.09 Å². The number of benzene rings is 6. The molecular weight excluding hydrogens is 1360 g/mol. The first-order chi connectivity index (χ1) is 50.8. The monoisotopic (exact) mass is 1480 g/mol. The Labute approximate surface area is 649 Å². The van der Waals surface area contributed by atoms with Crippen molar-refractivity contribution in [1.82, 2.24) is 33.6 Å². The molecule has 0 fully saturated rings. The second-order valence-corrected chi connectivity index (χ2v) is 36.1. The molecule has 12 nitrogen and oxygen atoms in total. The Balaban J connectivity index is 0.000000142. The first-order valence-electron chi connectivity index (χ1n) is 39.4.